The van der Waals surface area contributed by atoms with E-state index in [1.807, 2.05) is 73.8 Å². The molecule has 3 rings (SSSR count). The van der Waals surface area contributed by atoms with Gasteiger partial charge in [-0.1, -0.05) is 44.2 Å². The van der Waals surface area contributed by atoms with Crippen LogP contribution < -0.4 is 15.4 Å². The number of ether oxygens (including phenoxy) is 1. The third-order valence-electron chi connectivity index (χ3n) is 8.65. The minimum absolute atomic E-state index is 0.0563. The van der Waals surface area contributed by atoms with Crippen LogP contribution in [-0.4, -0.2) is 55.0 Å². The highest BCUT2D eigenvalue weighted by molar-refractivity contribution is 6.72. The van der Waals surface area contributed by atoms with Gasteiger partial charge in [0.05, 0.1) is 13.7 Å². The zero-order valence-electron chi connectivity index (χ0n) is 26.8. The van der Waals surface area contributed by atoms with E-state index in [2.05, 4.69) is 38.3 Å². The Morgan fingerprint density at radius 2 is 1.67 bits per heavy atom. The van der Waals surface area contributed by atoms with Crippen LogP contribution in [0.5, 0.6) is 11.5 Å². The lowest BCUT2D eigenvalue weighted by molar-refractivity contribution is 0.0954. The van der Waals surface area contributed by atoms with Gasteiger partial charge in [0.15, 0.2) is 8.32 Å². The summed E-state index contributed by atoms with van der Waals surface area (Å²) in [6.07, 6.45) is 2.19. The molecule has 3 aromatic rings. The van der Waals surface area contributed by atoms with Crippen molar-refractivity contribution in [1.82, 2.24) is 10.6 Å². The number of amides is 1. The minimum Gasteiger partial charge on any atom is -0.508 e. The molecule has 0 spiro atoms. The second-order valence-corrected chi connectivity index (χ2v) is 17.9. The summed E-state index contributed by atoms with van der Waals surface area (Å²) in [6.45, 7) is 13.4. The van der Waals surface area contributed by atoms with Gasteiger partial charge < -0.3 is 30.4 Å². The van der Waals surface area contributed by atoms with E-state index in [9.17, 15) is 19.8 Å². The number of phenols is 1. The maximum Gasteiger partial charge on any atom is 0.251 e. The summed E-state index contributed by atoms with van der Waals surface area (Å²) in [4.78, 5) is 23.9. The molecule has 0 aliphatic heterocycles. The van der Waals surface area contributed by atoms with Gasteiger partial charge in [-0.3, -0.25) is 4.79 Å². The lowest BCUT2D eigenvalue weighted by Gasteiger charge is -2.39. The largest absolute Gasteiger partial charge is 0.508 e. The van der Waals surface area contributed by atoms with Crippen LogP contribution in [0.1, 0.15) is 72.6 Å². The summed E-state index contributed by atoms with van der Waals surface area (Å²) in [5, 5.41) is 26.4. The number of nitrogens with one attached hydrogen (secondary N) is 2. The van der Waals surface area contributed by atoms with Crippen molar-refractivity contribution in [2.45, 2.75) is 83.2 Å². The standard InChI is InChI=1S/C35H50N2O5Si/c1-34(2,37-23-30(22-35(3,4)43(6,7)41)27-14-15-32(39)29(20-27)24-38)21-26-11-8-12-28(18-26)33(40)36-17-16-25-10-9-13-31(19-25)42-5/h8-15,18-20,30,37-39,41H,16-17,21-24H2,1-7H3,(H,36,40)/t30-/m0/s1. The van der Waals surface area contributed by atoms with E-state index in [4.69, 9.17) is 4.74 Å². The van der Waals surface area contributed by atoms with Crippen molar-refractivity contribution >= 4 is 14.2 Å². The molecular formula is C35H50N2O5Si. The number of aliphatic hydroxyl groups excluding tert-OH is 1. The molecule has 0 saturated heterocycles. The van der Waals surface area contributed by atoms with Crippen molar-refractivity contribution in [1.29, 1.82) is 0 Å². The fourth-order valence-corrected chi connectivity index (χ4v) is 5.95. The highest BCUT2D eigenvalue weighted by Crippen LogP contribution is 2.44. The van der Waals surface area contributed by atoms with Crippen molar-refractivity contribution in [3.8, 4) is 11.5 Å². The first kappa shape index (κ1) is 34.3. The van der Waals surface area contributed by atoms with Crippen LogP contribution in [0.15, 0.2) is 66.7 Å². The first-order valence-corrected chi connectivity index (χ1v) is 18.0. The van der Waals surface area contributed by atoms with Crippen LogP contribution in [0.4, 0.5) is 0 Å². The van der Waals surface area contributed by atoms with Crippen LogP contribution >= 0.6 is 0 Å². The summed E-state index contributed by atoms with van der Waals surface area (Å²) < 4.78 is 5.29. The molecule has 0 fully saturated rings. The fraction of sp³-hybridized carbons (Fsp3) is 0.457. The third kappa shape index (κ3) is 9.93. The molecule has 0 bridgehead atoms. The third-order valence-corrected chi connectivity index (χ3v) is 12.2. The molecule has 234 valence electrons. The van der Waals surface area contributed by atoms with Crippen molar-refractivity contribution in [2.75, 3.05) is 20.2 Å². The van der Waals surface area contributed by atoms with E-state index in [1.165, 1.54) is 0 Å². The number of aromatic hydroxyl groups is 1. The number of rotatable bonds is 15. The average molecular weight is 607 g/mol. The molecule has 0 unspecified atom stereocenters. The number of aliphatic hydroxyl groups is 1. The van der Waals surface area contributed by atoms with E-state index in [0.29, 0.717) is 37.1 Å². The Balaban J connectivity index is 1.67. The van der Waals surface area contributed by atoms with Gasteiger partial charge in [-0.05, 0) is 110 Å². The Morgan fingerprint density at radius 1 is 0.977 bits per heavy atom. The minimum atomic E-state index is -2.47. The quantitative estimate of drug-likeness (QED) is 0.137. The first-order valence-electron chi connectivity index (χ1n) is 15.0. The Labute approximate surface area is 258 Å². The Kier molecular flexibility index (Phi) is 11.6. The molecule has 0 heterocycles. The molecule has 1 atom stereocenters. The van der Waals surface area contributed by atoms with Crippen molar-refractivity contribution in [2.24, 2.45) is 0 Å². The van der Waals surface area contributed by atoms with Gasteiger partial charge in [-0.2, -0.15) is 0 Å². The first-order chi connectivity index (χ1) is 20.1. The zero-order valence-corrected chi connectivity index (χ0v) is 27.8. The van der Waals surface area contributed by atoms with E-state index in [0.717, 1.165) is 28.9 Å². The molecule has 8 heteroatoms. The summed E-state index contributed by atoms with van der Waals surface area (Å²) >= 11 is 0. The van der Waals surface area contributed by atoms with E-state index >= 15 is 0 Å². The van der Waals surface area contributed by atoms with Crippen molar-refractivity contribution in [3.63, 3.8) is 0 Å². The average Bonchev–Trinajstić information content (AvgIpc) is 2.95. The highest BCUT2D eigenvalue weighted by atomic mass is 28.4. The molecule has 43 heavy (non-hydrogen) atoms. The molecule has 0 radical (unpaired) electrons. The van der Waals surface area contributed by atoms with Gasteiger partial charge in [-0.15, -0.1) is 0 Å². The summed E-state index contributed by atoms with van der Waals surface area (Å²) in [5.74, 6) is 0.847. The van der Waals surface area contributed by atoms with Crippen LogP contribution in [-0.2, 0) is 19.4 Å². The monoisotopic (exact) mass is 606 g/mol. The highest BCUT2D eigenvalue weighted by Gasteiger charge is 2.40. The van der Waals surface area contributed by atoms with Crippen molar-refractivity contribution in [3.05, 3.63) is 94.5 Å². The zero-order chi connectivity index (χ0) is 31.8. The van der Waals surface area contributed by atoms with Gasteiger partial charge >= 0.3 is 0 Å². The molecule has 1 amide bonds. The number of methoxy groups -OCH3 is 1. The number of benzene rings is 3. The Hall–Kier alpha value is -3.17. The van der Waals surface area contributed by atoms with Gasteiger partial charge in [0.25, 0.3) is 5.91 Å². The Bertz CT molecular complexity index is 1370. The number of hydrogen-bond donors (Lipinski definition) is 5. The molecule has 3 aromatic carbocycles. The maximum absolute atomic E-state index is 12.9. The second-order valence-electron chi connectivity index (χ2n) is 13.4. The van der Waals surface area contributed by atoms with Crippen LogP contribution in [0.25, 0.3) is 0 Å². The maximum atomic E-state index is 12.9. The fourth-order valence-electron chi connectivity index (χ4n) is 5.20. The van der Waals surface area contributed by atoms with Crippen LogP contribution in [0.2, 0.25) is 18.1 Å². The second kappa shape index (κ2) is 14.5. The van der Waals surface area contributed by atoms with E-state index < -0.39 is 8.32 Å². The van der Waals surface area contributed by atoms with Gasteiger partial charge in [0, 0.05) is 29.8 Å². The van der Waals surface area contributed by atoms with Gasteiger partial charge in [0.1, 0.15) is 11.5 Å². The number of carbonyl (C=O) groups excluding carboxylic acids is 1. The molecule has 5 N–H and O–H groups in total. The smallest absolute Gasteiger partial charge is 0.251 e. The summed E-state index contributed by atoms with van der Waals surface area (Å²) in [7, 11) is -0.825. The van der Waals surface area contributed by atoms with E-state index in [1.54, 1.807) is 13.2 Å². The molecular weight excluding hydrogens is 556 g/mol. The normalized spacial score (nSPS) is 13.0. The molecule has 0 aliphatic rings. The number of carbonyl (C=O) groups is 1. The van der Waals surface area contributed by atoms with Gasteiger partial charge in [0.2, 0.25) is 0 Å². The summed E-state index contributed by atoms with van der Waals surface area (Å²) in [5.41, 5.74) is 4.03. The SMILES string of the molecule is COc1cccc(CCNC(=O)c2cccc(CC(C)(C)NC[C@H](CC(C)(C)[Si](C)(C)O)c3ccc(O)c(CO)c3)c2)c1. The number of hydrogen-bond acceptors (Lipinski definition) is 6. The molecule has 7 nitrogen and oxygen atoms in total. The topological polar surface area (TPSA) is 111 Å². The van der Waals surface area contributed by atoms with Crippen molar-refractivity contribution < 1.29 is 24.5 Å². The van der Waals surface area contributed by atoms with E-state index in [-0.39, 0.29) is 34.8 Å². The Morgan fingerprint density at radius 3 is 2.35 bits per heavy atom. The molecule has 0 aliphatic carbocycles. The lowest BCUT2D eigenvalue weighted by atomic mass is 9.87. The summed E-state index contributed by atoms with van der Waals surface area (Å²) in [6, 6.07) is 21.0. The van der Waals surface area contributed by atoms with Crippen LogP contribution in [0, 0.1) is 0 Å². The molecule has 0 saturated carbocycles. The van der Waals surface area contributed by atoms with Gasteiger partial charge in [-0.25, -0.2) is 0 Å². The van der Waals surface area contributed by atoms with Crippen LogP contribution in [0.3, 0.4) is 0 Å². The molecule has 0 aromatic heterocycles. The lowest BCUT2D eigenvalue weighted by Crippen LogP contribution is -2.45. The predicted octanol–water partition coefficient (Wildman–Crippen LogP) is 5.93. The predicted molar refractivity (Wildman–Crippen MR) is 176 cm³/mol.